The fourth-order valence-corrected chi connectivity index (χ4v) is 2.81. The van der Waals surface area contributed by atoms with Crippen LogP contribution in [-0.4, -0.2) is 54.8 Å². The van der Waals surface area contributed by atoms with Crippen LogP contribution in [-0.2, 0) is 9.53 Å². The Labute approximate surface area is 123 Å². The number of carbonyl (C=O) groups excluding carboxylic acids is 1. The van der Waals surface area contributed by atoms with E-state index in [2.05, 4.69) is 0 Å². The summed E-state index contributed by atoms with van der Waals surface area (Å²) in [5, 5.41) is 9.58. The number of hydrogen-bond acceptors (Lipinski definition) is 4. The van der Waals surface area contributed by atoms with E-state index >= 15 is 0 Å². The number of para-hydroxylation sites is 1. The van der Waals surface area contributed by atoms with Gasteiger partial charge in [-0.1, -0.05) is 12.1 Å². The number of carboxylic acid groups (broad SMARTS) is 1. The second kappa shape index (κ2) is 6.13. The van der Waals surface area contributed by atoms with Crippen molar-refractivity contribution in [2.45, 2.75) is 18.4 Å². The zero-order valence-electron chi connectivity index (χ0n) is 12.2. The molecule has 1 aliphatic heterocycles. The molecule has 1 N–H and O–H groups in total. The molecule has 1 aromatic rings. The van der Waals surface area contributed by atoms with E-state index in [0.717, 1.165) is 0 Å². The Balaban J connectivity index is 2.39. The monoisotopic (exact) mass is 293 g/mol. The van der Waals surface area contributed by atoms with Crippen molar-refractivity contribution in [2.24, 2.45) is 0 Å². The number of aliphatic carboxylic acids is 1. The third-order valence-corrected chi connectivity index (χ3v) is 3.85. The van der Waals surface area contributed by atoms with Crippen LogP contribution in [0.2, 0.25) is 0 Å². The van der Waals surface area contributed by atoms with E-state index in [0.29, 0.717) is 30.7 Å². The lowest BCUT2D eigenvalue weighted by atomic mass is 9.96. The van der Waals surface area contributed by atoms with E-state index in [1.165, 1.54) is 19.1 Å². The highest BCUT2D eigenvalue weighted by Gasteiger charge is 2.50. The average Bonchev–Trinajstić information content (AvgIpc) is 2.92. The molecule has 6 nitrogen and oxygen atoms in total. The van der Waals surface area contributed by atoms with Crippen molar-refractivity contribution in [1.82, 2.24) is 4.90 Å². The second-order valence-corrected chi connectivity index (χ2v) is 5.03. The SMILES string of the molecule is COCC1(C(=O)O)CCCN1C(=O)c1ccccc1OC. The molecule has 0 bridgehead atoms. The Bertz CT molecular complexity index is 545. The minimum Gasteiger partial charge on any atom is -0.496 e. The quantitative estimate of drug-likeness (QED) is 0.888. The number of benzene rings is 1. The van der Waals surface area contributed by atoms with Gasteiger partial charge in [0, 0.05) is 13.7 Å². The lowest BCUT2D eigenvalue weighted by molar-refractivity contribution is -0.151. The highest BCUT2D eigenvalue weighted by Crippen LogP contribution is 2.33. The first kappa shape index (κ1) is 15.3. The number of amides is 1. The summed E-state index contributed by atoms with van der Waals surface area (Å²) in [7, 11) is 2.92. The molecule has 0 spiro atoms. The molecule has 1 amide bonds. The third kappa shape index (κ3) is 2.58. The molecular formula is C15H19NO5. The molecule has 0 aromatic heterocycles. The van der Waals surface area contributed by atoms with Gasteiger partial charge in [-0.05, 0) is 25.0 Å². The summed E-state index contributed by atoms with van der Waals surface area (Å²) in [4.78, 5) is 25.8. The van der Waals surface area contributed by atoms with Crippen molar-refractivity contribution >= 4 is 11.9 Å². The minimum absolute atomic E-state index is 0.0246. The molecule has 114 valence electrons. The van der Waals surface area contributed by atoms with Crippen LogP contribution in [0.4, 0.5) is 0 Å². The zero-order chi connectivity index (χ0) is 15.5. The summed E-state index contributed by atoms with van der Waals surface area (Å²) in [6, 6.07) is 6.81. The Hall–Kier alpha value is -2.08. The fraction of sp³-hybridized carbons (Fsp3) is 0.467. The molecule has 1 unspecified atom stereocenters. The summed E-state index contributed by atoms with van der Waals surface area (Å²) < 4.78 is 10.2. The van der Waals surface area contributed by atoms with Gasteiger partial charge < -0.3 is 19.5 Å². The molecule has 21 heavy (non-hydrogen) atoms. The van der Waals surface area contributed by atoms with Gasteiger partial charge in [0.15, 0.2) is 5.54 Å². The van der Waals surface area contributed by atoms with Gasteiger partial charge in [0.25, 0.3) is 5.91 Å². The first-order valence-electron chi connectivity index (χ1n) is 6.74. The standard InChI is InChI=1S/C15H19NO5/c1-20-10-15(14(18)19)8-5-9-16(15)13(17)11-6-3-4-7-12(11)21-2/h3-4,6-7H,5,8-10H2,1-2H3,(H,18,19). The summed E-state index contributed by atoms with van der Waals surface area (Å²) in [5.74, 6) is -0.944. The van der Waals surface area contributed by atoms with Gasteiger partial charge in [0.1, 0.15) is 5.75 Å². The van der Waals surface area contributed by atoms with Gasteiger partial charge in [0.2, 0.25) is 0 Å². The van der Waals surface area contributed by atoms with Crippen molar-refractivity contribution in [3.63, 3.8) is 0 Å². The fourth-order valence-electron chi connectivity index (χ4n) is 2.81. The van der Waals surface area contributed by atoms with E-state index < -0.39 is 11.5 Å². The number of ether oxygens (including phenoxy) is 2. The maximum atomic E-state index is 12.7. The first-order valence-corrected chi connectivity index (χ1v) is 6.74. The maximum Gasteiger partial charge on any atom is 0.332 e. The molecule has 1 aliphatic rings. The van der Waals surface area contributed by atoms with Gasteiger partial charge in [-0.25, -0.2) is 4.79 Å². The molecule has 0 saturated carbocycles. The van der Waals surface area contributed by atoms with Crippen LogP contribution in [0.15, 0.2) is 24.3 Å². The van der Waals surface area contributed by atoms with Gasteiger partial charge in [-0.2, -0.15) is 0 Å². The van der Waals surface area contributed by atoms with Crippen LogP contribution in [0.5, 0.6) is 5.75 Å². The van der Waals surface area contributed by atoms with Crippen LogP contribution in [0, 0.1) is 0 Å². The van der Waals surface area contributed by atoms with Crippen LogP contribution >= 0.6 is 0 Å². The van der Waals surface area contributed by atoms with Crippen molar-refractivity contribution < 1.29 is 24.2 Å². The van der Waals surface area contributed by atoms with Gasteiger partial charge in [-0.15, -0.1) is 0 Å². The van der Waals surface area contributed by atoms with Crippen LogP contribution in [0.1, 0.15) is 23.2 Å². The molecule has 6 heteroatoms. The average molecular weight is 293 g/mol. The van der Waals surface area contributed by atoms with Crippen LogP contribution in [0.25, 0.3) is 0 Å². The molecule has 1 aromatic carbocycles. The van der Waals surface area contributed by atoms with E-state index in [9.17, 15) is 14.7 Å². The summed E-state index contributed by atoms with van der Waals surface area (Å²) >= 11 is 0. The predicted molar refractivity (Wildman–Crippen MR) is 75.5 cm³/mol. The zero-order valence-corrected chi connectivity index (χ0v) is 12.2. The Morgan fingerprint density at radius 2 is 2.05 bits per heavy atom. The smallest absolute Gasteiger partial charge is 0.332 e. The Morgan fingerprint density at radius 3 is 2.67 bits per heavy atom. The lowest BCUT2D eigenvalue weighted by Gasteiger charge is -2.34. The van der Waals surface area contributed by atoms with Crippen molar-refractivity contribution in [2.75, 3.05) is 27.4 Å². The maximum absolute atomic E-state index is 12.7. The molecule has 0 aliphatic carbocycles. The lowest BCUT2D eigenvalue weighted by Crippen LogP contribution is -2.56. The number of carboxylic acids is 1. The molecule has 2 rings (SSSR count). The van der Waals surface area contributed by atoms with E-state index in [1.54, 1.807) is 24.3 Å². The summed E-state index contributed by atoms with van der Waals surface area (Å²) in [6.45, 7) is 0.371. The second-order valence-electron chi connectivity index (χ2n) is 5.03. The molecule has 1 heterocycles. The number of hydrogen-bond donors (Lipinski definition) is 1. The number of nitrogens with zero attached hydrogens (tertiary/aromatic N) is 1. The van der Waals surface area contributed by atoms with Crippen molar-refractivity contribution in [1.29, 1.82) is 0 Å². The van der Waals surface area contributed by atoms with E-state index in [4.69, 9.17) is 9.47 Å². The molecule has 1 atom stereocenters. The Kier molecular flexibility index (Phi) is 4.47. The number of likely N-dealkylation sites (tertiary alicyclic amines) is 1. The van der Waals surface area contributed by atoms with Crippen LogP contribution in [0.3, 0.4) is 0 Å². The first-order chi connectivity index (χ1) is 10.1. The van der Waals surface area contributed by atoms with Gasteiger partial charge in [0.05, 0.1) is 19.3 Å². The Morgan fingerprint density at radius 1 is 1.33 bits per heavy atom. The van der Waals surface area contributed by atoms with Gasteiger partial charge >= 0.3 is 5.97 Å². The molecule has 0 radical (unpaired) electrons. The molecular weight excluding hydrogens is 274 g/mol. The highest BCUT2D eigenvalue weighted by atomic mass is 16.5. The van der Waals surface area contributed by atoms with Crippen molar-refractivity contribution in [3.8, 4) is 5.75 Å². The summed E-state index contributed by atoms with van der Waals surface area (Å²) in [5.41, 5.74) is -0.934. The minimum atomic E-state index is -1.30. The van der Waals surface area contributed by atoms with E-state index in [-0.39, 0.29) is 12.5 Å². The molecule has 1 saturated heterocycles. The highest BCUT2D eigenvalue weighted by molar-refractivity contribution is 6.00. The summed E-state index contributed by atoms with van der Waals surface area (Å²) in [6.07, 6.45) is 1.02. The number of carbonyl (C=O) groups is 2. The van der Waals surface area contributed by atoms with Crippen molar-refractivity contribution in [3.05, 3.63) is 29.8 Å². The van der Waals surface area contributed by atoms with Crippen LogP contribution < -0.4 is 4.74 Å². The topological polar surface area (TPSA) is 76.1 Å². The number of rotatable bonds is 5. The third-order valence-electron chi connectivity index (χ3n) is 3.85. The largest absolute Gasteiger partial charge is 0.496 e. The normalized spacial score (nSPS) is 21.3. The van der Waals surface area contributed by atoms with Gasteiger partial charge in [-0.3, -0.25) is 4.79 Å². The molecule has 1 fully saturated rings. The predicted octanol–water partition coefficient (Wildman–Crippen LogP) is 1.40. The number of methoxy groups -OCH3 is 2. The van der Waals surface area contributed by atoms with E-state index in [1.807, 2.05) is 0 Å².